The molecule has 15 heavy (non-hydrogen) atoms. The average Bonchev–Trinajstić information content (AvgIpc) is 2.64. The van der Waals surface area contributed by atoms with Crippen molar-refractivity contribution in [2.45, 2.75) is 0 Å². The normalized spacial score (nSPS) is 9.87. The standard InChI is InChI=1S/C10H6FN3S/c11-8-2-6(4-12)1-7(3-8)9-5-14-10(13)15-9/h1-3,5H,(H2,13,14). The molecule has 0 radical (unpaired) electrons. The van der Waals surface area contributed by atoms with Crippen LogP contribution in [0.3, 0.4) is 0 Å². The van der Waals surface area contributed by atoms with Gasteiger partial charge >= 0.3 is 0 Å². The van der Waals surface area contributed by atoms with Crippen molar-refractivity contribution in [2.75, 3.05) is 5.73 Å². The fourth-order valence-corrected chi connectivity index (χ4v) is 1.89. The second-order valence-electron chi connectivity index (χ2n) is 2.90. The minimum absolute atomic E-state index is 0.289. The van der Waals surface area contributed by atoms with Gasteiger partial charge in [-0.25, -0.2) is 9.37 Å². The topological polar surface area (TPSA) is 62.7 Å². The molecular formula is C10H6FN3S. The summed E-state index contributed by atoms with van der Waals surface area (Å²) in [6.45, 7) is 0. The largest absolute Gasteiger partial charge is 0.375 e. The summed E-state index contributed by atoms with van der Waals surface area (Å²) >= 11 is 1.26. The summed E-state index contributed by atoms with van der Waals surface area (Å²) in [6.07, 6.45) is 1.57. The molecule has 0 bridgehead atoms. The number of nitrogen functional groups attached to an aromatic ring is 1. The van der Waals surface area contributed by atoms with Crippen LogP contribution in [0.15, 0.2) is 24.4 Å². The third-order valence-corrected chi connectivity index (χ3v) is 2.71. The van der Waals surface area contributed by atoms with E-state index >= 15 is 0 Å². The molecule has 1 aromatic carbocycles. The Balaban J connectivity index is 2.54. The molecule has 1 aromatic heterocycles. The highest BCUT2D eigenvalue weighted by atomic mass is 32.1. The van der Waals surface area contributed by atoms with E-state index < -0.39 is 5.82 Å². The van der Waals surface area contributed by atoms with E-state index in [9.17, 15) is 4.39 Å². The Morgan fingerprint density at radius 2 is 2.20 bits per heavy atom. The van der Waals surface area contributed by atoms with Crippen molar-refractivity contribution in [3.8, 4) is 16.5 Å². The molecule has 0 saturated heterocycles. The molecule has 0 saturated carbocycles. The number of anilines is 1. The van der Waals surface area contributed by atoms with Crippen LogP contribution in [0.25, 0.3) is 10.4 Å². The van der Waals surface area contributed by atoms with Crippen molar-refractivity contribution in [1.82, 2.24) is 4.98 Å². The first kappa shape index (κ1) is 9.62. The summed E-state index contributed by atoms with van der Waals surface area (Å²) in [5.74, 6) is -0.434. The van der Waals surface area contributed by atoms with Gasteiger partial charge in [-0.2, -0.15) is 5.26 Å². The number of hydrogen-bond acceptors (Lipinski definition) is 4. The SMILES string of the molecule is N#Cc1cc(F)cc(-c2cnc(N)s2)c1. The van der Waals surface area contributed by atoms with Crippen molar-refractivity contribution in [3.05, 3.63) is 35.8 Å². The molecule has 1 heterocycles. The molecule has 0 spiro atoms. The fourth-order valence-electron chi connectivity index (χ4n) is 1.22. The quantitative estimate of drug-likeness (QED) is 0.801. The van der Waals surface area contributed by atoms with Crippen LogP contribution in [0, 0.1) is 17.1 Å². The first-order chi connectivity index (χ1) is 7.19. The number of aromatic nitrogens is 1. The van der Waals surface area contributed by atoms with Crippen molar-refractivity contribution >= 4 is 16.5 Å². The lowest BCUT2D eigenvalue weighted by atomic mass is 10.1. The summed E-state index contributed by atoms with van der Waals surface area (Å²) in [7, 11) is 0. The summed E-state index contributed by atoms with van der Waals surface area (Å²) in [4.78, 5) is 4.62. The number of thiazole rings is 1. The second-order valence-corrected chi connectivity index (χ2v) is 3.97. The van der Waals surface area contributed by atoms with Crippen molar-refractivity contribution in [1.29, 1.82) is 5.26 Å². The summed E-state index contributed by atoms with van der Waals surface area (Å²) in [6, 6.07) is 6.05. The van der Waals surface area contributed by atoms with Crippen LogP contribution in [0.5, 0.6) is 0 Å². The fraction of sp³-hybridized carbons (Fsp3) is 0. The van der Waals surface area contributed by atoms with Gasteiger partial charge in [-0.3, -0.25) is 0 Å². The Kier molecular flexibility index (Phi) is 2.35. The zero-order chi connectivity index (χ0) is 10.8. The smallest absolute Gasteiger partial charge is 0.180 e. The van der Waals surface area contributed by atoms with Gasteiger partial charge in [0.1, 0.15) is 5.82 Å². The van der Waals surface area contributed by atoms with Gasteiger partial charge in [0.25, 0.3) is 0 Å². The molecule has 2 rings (SSSR count). The number of benzene rings is 1. The van der Waals surface area contributed by atoms with E-state index in [1.807, 2.05) is 6.07 Å². The van der Waals surface area contributed by atoms with Gasteiger partial charge in [0.05, 0.1) is 16.5 Å². The number of hydrogen-bond donors (Lipinski definition) is 1. The highest BCUT2D eigenvalue weighted by molar-refractivity contribution is 7.18. The number of rotatable bonds is 1. The molecule has 5 heteroatoms. The summed E-state index contributed by atoms with van der Waals surface area (Å²) < 4.78 is 13.1. The molecule has 3 nitrogen and oxygen atoms in total. The van der Waals surface area contributed by atoms with E-state index in [-0.39, 0.29) is 5.56 Å². The van der Waals surface area contributed by atoms with Crippen molar-refractivity contribution < 1.29 is 4.39 Å². The van der Waals surface area contributed by atoms with E-state index in [0.717, 1.165) is 4.88 Å². The predicted molar refractivity (Wildman–Crippen MR) is 56.6 cm³/mol. The van der Waals surface area contributed by atoms with Gasteiger partial charge in [0, 0.05) is 6.20 Å². The lowest BCUT2D eigenvalue weighted by Crippen LogP contribution is -1.81. The van der Waals surface area contributed by atoms with Crippen molar-refractivity contribution in [2.24, 2.45) is 0 Å². The Morgan fingerprint density at radius 1 is 1.40 bits per heavy atom. The molecule has 0 aliphatic rings. The number of nitriles is 1. The molecule has 2 N–H and O–H groups in total. The lowest BCUT2D eigenvalue weighted by molar-refractivity contribution is 0.628. The maximum absolute atomic E-state index is 13.1. The highest BCUT2D eigenvalue weighted by Gasteiger charge is 2.05. The molecule has 0 aliphatic carbocycles. The molecule has 74 valence electrons. The molecule has 0 fully saturated rings. The van der Waals surface area contributed by atoms with Crippen LogP contribution in [-0.4, -0.2) is 4.98 Å². The van der Waals surface area contributed by atoms with Crippen LogP contribution in [0.4, 0.5) is 9.52 Å². The zero-order valence-electron chi connectivity index (χ0n) is 7.57. The second kappa shape index (κ2) is 3.67. The molecule has 0 atom stereocenters. The number of halogens is 1. The minimum Gasteiger partial charge on any atom is -0.375 e. The predicted octanol–water partition coefficient (Wildman–Crippen LogP) is 2.40. The molecular weight excluding hydrogens is 213 g/mol. The van der Waals surface area contributed by atoms with Gasteiger partial charge < -0.3 is 5.73 Å². The van der Waals surface area contributed by atoms with Gasteiger partial charge in [0.2, 0.25) is 0 Å². The van der Waals surface area contributed by atoms with Gasteiger partial charge in [-0.1, -0.05) is 11.3 Å². The maximum atomic E-state index is 13.1. The molecule has 0 aliphatic heterocycles. The average molecular weight is 219 g/mol. The first-order valence-corrected chi connectivity index (χ1v) is 4.93. The Labute approximate surface area is 89.6 Å². The van der Waals surface area contributed by atoms with Crippen LogP contribution < -0.4 is 5.73 Å². The third-order valence-electron chi connectivity index (χ3n) is 1.83. The van der Waals surface area contributed by atoms with Gasteiger partial charge in [-0.15, -0.1) is 0 Å². The van der Waals surface area contributed by atoms with E-state index in [1.54, 1.807) is 12.3 Å². The number of nitrogens with two attached hydrogens (primary N) is 1. The summed E-state index contributed by atoms with van der Waals surface area (Å²) in [5.41, 5.74) is 6.39. The zero-order valence-corrected chi connectivity index (χ0v) is 8.38. The third kappa shape index (κ3) is 1.95. The Hall–Kier alpha value is -1.93. The molecule has 0 amide bonds. The lowest BCUT2D eigenvalue weighted by Gasteiger charge is -1.97. The Bertz CT molecular complexity index is 542. The van der Waals surface area contributed by atoms with E-state index in [4.69, 9.17) is 11.0 Å². The first-order valence-electron chi connectivity index (χ1n) is 4.11. The van der Waals surface area contributed by atoms with Crippen LogP contribution in [0.1, 0.15) is 5.56 Å². The van der Waals surface area contributed by atoms with E-state index in [0.29, 0.717) is 10.7 Å². The van der Waals surface area contributed by atoms with Gasteiger partial charge in [0.15, 0.2) is 5.13 Å². The Morgan fingerprint density at radius 3 is 2.80 bits per heavy atom. The molecule has 2 aromatic rings. The van der Waals surface area contributed by atoms with Crippen LogP contribution in [0.2, 0.25) is 0 Å². The molecule has 0 unspecified atom stereocenters. The minimum atomic E-state index is -0.434. The van der Waals surface area contributed by atoms with E-state index in [1.165, 1.54) is 23.5 Å². The monoisotopic (exact) mass is 219 g/mol. The highest BCUT2D eigenvalue weighted by Crippen LogP contribution is 2.28. The van der Waals surface area contributed by atoms with Crippen LogP contribution in [-0.2, 0) is 0 Å². The number of nitrogens with zero attached hydrogens (tertiary/aromatic N) is 2. The van der Waals surface area contributed by atoms with Crippen molar-refractivity contribution in [3.63, 3.8) is 0 Å². The van der Waals surface area contributed by atoms with Crippen LogP contribution >= 0.6 is 11.3 Å². The maximum Gasteiger partial charge on any atom is 0.180 e. The summed E-state index contributed by atoms with van der Waals surface area (Å²) in [5, 5.41) is 9.11. The van der Waals surface area contributed by atoms with Gasteiger partial charge in [-0.05, 0) is 23.8 Å². The van der Waals surface area contributed by atoms with E-state index in [2.05, 4.69) is 4.98 Å².